The first kappa shape index (κ1) is 17.5. The third-order valence-corrected chi connectivity index (χ3v) is 4.58. The van der Waals surface area contributed by atoms with E-state index in [1.165, 1.54) is 32.4 Å². The molecule has 2 rings (SSSR count). The first-order chi connectivity index (χ1) is 10.3. The minimum Gasteiger partial charge on any atom is -0.444 e. The molecule has 5 heteroatoms. The van der Waals surface area contributed by atoms with E-state index in [2.05, 4.69) is 17.3 Å². The number of ether oxygens (including phenoxy) is 1. The third kappa shape index (κ3) is 5.76. The van der Waals surface area contributed by atoms with Crippen molar-refractivity contribution in [1.82, 2.24) is 15.1 Å². The van der Waals surface area contributed by atoms with E-state index < -0.39 is 5.60 Å². The second-order valence-corrected chi connectivity index (χ2v) is 7.92. The molecule has 0 aliphatic carbocycles. The molecule has 2 fully saturated rings. The molecule has 2 atom stereocenters. The first-order valence-corrected chi connectivity index (χ1v) is 8.73. The molecule has 2 aliphatic rings. The number of amides is 1. The van der Waals surface area contributed by atoms with Crippen LogP contribution in [0.3, 0.4) is 0 Å². The fourth-order valence-electron chi connectivity index (χ4n) is 3.27. The van der Waals surface area contributed by atoms with E-state index in [0.717, 1.165) is 26.1 Å². The Morgan fingerprint density at radius 2 is 1.95 bits per heavy atom. The van der Waals surface area contributed by atoms with E-state index in [0.29, 0.717) is 12.0 Å². The van der Waals surface area contributed by atoms with Crippen LogP contribution >= 0.6 is 0 Å². The summed E-state index contributed by atoms with van der Waals surface area (Å²) in [5, 5.41) is 3.73. The summed E-state index contributed by atoms with van der Waals surface area (Å²) in [6.07, 6.45) is 4.71. The van der Waals surface area contributed by atoms with Crippen molar-refractivity contribution in [2.45, 2.75) is 58.1 Å². The van der Waals surface area contributed by atoms with Gasteiger partial charge in [-0.15, -0.1) is 0 Å². The van der Waals surface area contributed by atoms with Gasteiger partial charge in [-0.25, -0.2) is 4.79 Å². The molecule has 2 heterocycles. The Morgan fingerprint density at radius 3 is 2.68 bits per heavy atom. The Morgan fingerprint density at radius 1 is 1.18 bits per heavy atom. The average Bonchev–Trinajstić information content (AvgIpc) is 2.79. The van der Waals surface area contributed by atoms with Crippen molar-refractivity contribution in [3.63, 3.8) is 0 Å². The number of rotatable bonds is 3. The maximum atomic E-state index is 12.1. The Bertz CT molecular complexity index is 367. The summed E-state index contributed by atoms with van der Waals surface area (Å²) >= 11 is 0. The molecular weight excluding hydrogens is 278 g/mol. The maximum absolute atomic E-state index is 12.1. The van der Waals surface area contributed by atoms with E-state index in [9.17, 15) is 4.79 Å². The summed E-state index contributed by atoms with van der Waals surface area (Å²) in [5.41, 5.74) is -0.403. The normalized spacial score (nSPS) is 27.7. The van der Waals surface area contributed by atoms with Gasteiger partial charge in [-0.3, -0.25) is 0 Å². The third-order valence-electron chi connectivity index (χ3n) is 4.58. The van der Waals surface area contributed by atoms with E-state index in [-0.39, 0.29) is 6.09 Å². The van der Waals surface area contributed by atoms with Crippen LogP contribution < -0.4 is 5.32 Å². The van der Waals surface area contributed by atoms with Gasteiger partial charge in [-0.1, -0.05) is 0 Å². The van der Waals surface area contributed by atoms with Crippen molar-refractivity contribution in [2.24, 2.45) is 5.92 Å². The van der Waals surface area contributed by atoms with Crippen LogP contribution in [0.15, 0.2) is 0 Å². The number of nitrogens with zero attached hydrogens (tertiary/aromatic N) is 2. The van der Waals surface area contributed by atoms with E-state index >= 15 is 0 Å². The monoisotopic (exact) mass is 311 g/mol. The number of hydrogen-bond acceptors (Lipinski definition) is 4. The zero-order valence-electron chi connectivity index (χ0n) is 14.7. The quantitative estimate of drug-likeness (QED) is 0.869. The lowest BCUT2D eigenvalue weighted by molar-refractivity contribution is 0.0288. The molecular formula is C17H33N3O2. The zero-order valence-corrected chi connectivity index (χ0v) is 14.7. The summed E-state index contributed by atoms with van der Waals surface area (Å²) in [4.78, 5) is 16.3. The van der Waals surface area contributed by atoms with Crippen molar-refractivity contribution in [2.75, 3.05) is 39.8 Å². The van der Waals surface area contributed by atoms with Gasteiger partial charge in [-0.05, 0) is 79.1 Å². The lowest BCUT2D eigenvalue weighted by atomic mass is 10.1. The molecule has 0 aromatic heterocycles. The van der Waals surface area contributed by atoms with Crippen LogP contribution in [0, 0.1) is 5.92 Å². The highest BCUT2D eigenvalue weighted by Crippen LogP contribution is 2.19. The minimum atomic E-state index is -0.403. The number of hydrogen-bond donors (Lipinski definition) is 1. The molecule has 0 radical (unpaired) electrons. The van der Waals surface area contributed by atoms with Crippen molar-refractivity contribution in [3.8, 4) is 0 Å². The highest BCUT2D eigenvalue weighted by Gasteiger charge is 2.30. The molecule has 0 aromatic rings. The SMILES string of the molecule is CN1CCCC(NCC2CCN(C(=O)OC(C)(C)C)C2)CC1. The maximum Gasteiger partial charge on any atom is 0.410 e. The van der Waals surface area contributed by atoms with Crippen LogP contribution in [0.5, 0.6) is 0 Å². The Labute approximate surface area is 135 Å². The summed E-state index contributed by atoms with van der Waals surface area (Å²) < 4.78 is 5.45. The van der Waals surface area contributed by atoms with Crippen LogP contribution in [-0.2, 0) is 4.74 Å². The van der Waals surface area contributed by atoms with Crippen LogP contribution in [-0.4, -0.2) is 67.3 Å². The molecule has 2 unspecified atom stereocenters. The fraction of sp³-hybridized carbons (Fsp3) is 0.941. The van der Waals surface area contributed by atoms with E-state index in [4.69, 9.17) is 4.74 Å². The number of carbonyl (C=O) groups excluding carboxylic acids is 1. The lowest BCUT2D eigenvalue weighted by Gasteiger charge is -2.24. The van der Waals surface area contributed by atoms with E-state index in [1.54, 1.807) is 0 Å². The van der Waals surface area contributed by atoms with Gasteiger partial charge in [0, 0.05) is 19.1 Å². The Hall–Kier alpha value is -0.810. The van der Waals surface area contributed by atoms with Gasteiger partial charge in [0.05, 0.1) is 0 Å². The van der Waals surface area contributed by atoms with Crippen molar-refractivity contribution in [1.29, 1.82) is 0 Å². The summed E-state index contributed by atoms with van der Waals surface area (Å²) in [6, 6.07) is 0.639. The summed E-state index contributed by atoms with van der Waals surface area (Å²) in [5.74, 6) is 0.563. The minimum absolute atomic E-state index is 0.161. The molecule has 2 saturated heterocycles. The molecule has 1 amide bonds. The summed E-state index contributed by atoms with van der Waals surface area (Å²) in [6.45, 7) is 10.8. The number of nitrogens with one attached hydrogen (secondary N) is 1. The van der Waals surface area contributed by atoms with Gasteiger partial charge in [-0.2, -0.15) is 0 Å². The molecule has 1 N–H and O–H groups in total. The molecule has 0 spiro atoms. The second kappa shape index (κ2) is 7.64. The van der Waals surface area contributed by atoms with Gasteiger partial charge >= 0.3 is 6.09 Å². The van der Waals surface area contributed by atoms with Gasteiger partial charge in [0.2, 0.25) is 0 Å². The molecule has 2 aliphatic heterocycles. The lowest BCUT2D eigenvalue weighted by Crippen LogP contribution is -2.37. The Kier molecular flexibility index (Phi) is 6.09. The van der Waals surface area contributed by atoms with Crippen molar-refractivity contribution < 1.29 is 9.53 Å². The molecule has 5 nitrogen and oxygen atoms in total. The van der Waals surface area contributed by atoms with Gasteiger partial charge < -0.3 is 19.9 Å². The topological polar surface area (TPSA) is 44.8 Å². The van der Waals surface area contributed by atoms with Crippen LogP contribution in [0.2, 0.25) is 0 Å². The second-order valence-electron chi connectivity index (χ2n) is 7.92. The van der Waals surface area contributed by atoms with Gasteiger partial charge in [0.25, 0.3) is 0 Å². The molecule has 0 aromatic carbocycles. The van der Waals surface area contributed by atoms with Gasteiger partial charge in [0.1, 0.15) is 5.60 Å². The van der Waals surface area contributed by atoms with Crippen LogP contribution in [0.25, 0.3) is 0 Å². The highest BCUT2D eigenvalue weighted by atomic mass is 16.6. The van der Waals surface area contributed by atoms with E-state index in [1.807, 2.05) is 25.7 Å². The average molecular weight is 311 g/mol. The van der Waals surface area contributed by atoms with Crippen LogP contribution in [0.4, 0.5) is 4.79 Å². The largest absolute Gasteiger partial charge is 0.444 e. The molecule has 0 saturated carbocycles. The predicted molar refractivity (Wildman–Crippen MR) is 89.1 cm³/mol. The smallest absolute Gasteiger partial charge is 0.410 e. The standard InChI is InChI=1S/C17H33N3O2/c1-17(2,3)22-16(21)20-11-7-14(13-20)12-18-15-6-5-9-19(4)10-8-15/h14-15,18H,5-13H2,1-4H3. The van der Waals surface area contributed by atoms with Crippen molar-refractivity contribution >= 4 is 6.09 Å². The van der Waals surface area contributed by atoms with Gasteiger partial charge in [0.15, 0.2) is 0 Å². The first-order valence-electron chi connectivity index (χ1n) is 8.73. The molecule has 22 heavy (non-hydrogen) atoms. The Balaban J connectivity index is 1.69. The number of carbonyl (C=O) groups is 1. The fourth-order valence-corrected chi connectivity index (χ4v) is 3.27. The molecule has 128 valence electrons. The predicted octanol–water partition coefficient (Wildman–Crippen LogP) is 2.32. The summed E-state index contributed by atoms with van der Waals surface area (Å²) in [7, 11) is 2.21. The number of likely N-dealkylation sites (tertiary alicyclic amines) is 2. The zero-order chi connectivity index (χ0) is 16.2. The van der Waals surface area contributed by atoms with Crippen LogP contribution in [0.1, 0.15) is 46.5 Å². The molecule has 0 bridgehead atoms. The highest BCUT2D eigenvalue weighted by molar-refractivity contribution is 5.68. The van der Waals surface area contributed by atoms with Crippen molar-refractivity contribution in [3.05, 3.63) is 0 Å².